The van der Waals surface area contributed by atoms with Gasteiger partial charge in [-0.15, -0.1) is 0 Å². The third-order valence-corrected chi connectivity index (χ3v) is 3.64. The van der Waals surface area contributed by atoms with Crippen molar-refractivity contribution in [3.05, 3.63) is 88.2 Å². The molecule has 0 atom stereocenters. The molecule has 1 aromatic carbocycles. The summed E-state index contributed by atoms with van der Waals surface area (Å²) in [4.78, 5) is 35.4. The minimum atomic E-state index is -0.424. The molecule has 1 amide bonds. The molecule has 0 aliphatic carbocycles. The van der Waals surface area contributed by atoms with Gasteiger partial charge < -0.3 is 14.3 Å². The van der Waals surface area contributed by atoms with Crippen LogP contribution in [0.3, 0.4) is 0 Å². The summed E-state index contributed by atoms with van der Waals surface area (Å²) in [6.07, 6.45) is 1.65. The third kappa shape index (κ3) is 3.92. The molecule has 25 heavy (non-hydrogen) atoms. The Bertz CT molecular complexity index is 985. The number of benzene rings is 1. The van der Waals surface area contributed by atoms with Crippen molar-refractivity contribution >= 4 is 17.4 Å². The van der Waals surface area contributed by atoms with Crippen molar-refractivity contribution < 1.29 is 14.0 Å². The largest absolute Gasteiger partial charge is 0.454 e. The molecule has 0 aliphatic heterocycles. The highest BCUT2D eigenvalue weighted by Gasteiger charge is 2.12. The van der Waals surface area contributed by atoms with E-state index in [2.05, 4.69) is 5.32 Å². The number of hydrogen-bond acceptors (Lipinski definition) is 4. The van der Waals surface area contributed by atoms with Gasteiger partial charge in [0.2, 0.25) is 0 Å². The molecule has 2 heterocycles. The second-order valence-corrected chi connectivity index (χ2v) is 5.52. The van der Waals surface area contributed by atoms with Gasteiger partial charge in [0.05, 0.1) is 6.54 Å². The Hall–Kier alpha value is -3.41. The fourth-order valence-electron chi connectivity index (χ4n) is 2.35. The van der Waals surface area contributed by atoms with Crippen LogP contribution in [0.1, 0.15) is 33.6 Å². The van der Waals surface area contributed by atoms with Gasteiger partial charge in [0, 0.05) is 23.5 Å². The molecule has 126 valence electrons. The van der Waals surface area contributed by atoms with Crippen LogP contribution in [0.15, 0.2) is 70.0 Å². The van der Waals surface area contributed by atoms with Crippen LogP contribution < -0.4 is 10.9 Å². The number of pyridine rings is 1. The van der Waals surface area contributed by atoms with E-state index in [4.69, 9.17) is 4.42 Å². The first-order valence-electron chi connectivity index (χ1n) is 7.69. The fourth-order valence-corrected chi connectivity index (χ4v) is 2.35. The number of carbonyl (C=O) groups excluding carboxylic acids is 2. The molecule has 0 saturated carbocycles. The summed E-state index contributed by atoms with van der Waals surface area (Å²) in [5, 5.41) is 2.69. The number of furan rings is 1. The lowest BCUT2D eigenvalue weighted by Gasteiger charge is -2.05. The molecule has 1 N–H and O–H groups in total. The van der Waals surface area contributed by atoms with Gasteiger partial charge in [-0.1, -0.05) is 18.2 Å². The number of ketones is 1. The zero-order chi connectivity index (χ0) is 17.8. The molecular weight excluding hydrogens is 320 g/mol. The first-order valence-corrected chi connectivity index (χ1v) is 7.69. The van der Waals surface area contributed by atoms with Crippen LogP contribution in [0, 0.1) is 0 Å². The van der Waals surface area contributed by atoms with E-state index in [0.29, 0.717) is 17.0 Å². The number of carbonyl (C=O) groups is 2. The predicted molar refractivity (Wildman–Crippen MR) is 92.9 cm³/mol. The second kappa shape index (κ2) is 7.00. The maximum atomic E-state index is 12.3. The van der Waals surface area contributed by atoms with Crippen molar-refractivity contribution in [2.75, 3.05) is 5.32 Å². The summed E-state index contributed by atoms with van der Waals surface area (Å²) >= 11 is 0. The Labute approximate surface area is 143 Å². The third-order valence-electron chi connectivity index (χ3n) is 3.64. The first kappa shape index (κ1) is 16.4. The zero-order valence-electron chi connectivity index (χ0n) is 13.6. The monoisotopic (exact) mass is 336 g/mol. The molecular formula is C19H16N2O4. The van der Waals surface area contributed by atoms with E-state index < -0.39 is 5.91 Å². The predicted octanol–water partition coefficient (Wildman–Crippen LogP) is 2.94. The molecule has 3 rings (SSSR count). The number of nitrogens with zero attached hydrogens (tertiary/aromatic N) is 1. The van der Waals surface area contributed by atoms with E-state index in [1.54, 1.807) is 54.7 Å². The van der Waals surface area contributed by atoms with Crippen LogP contribution in [-0.4, -0.2) is 16.3 Å². The second-order valence-electron chi connectivity index (χ2n) is 5.52. The van der Waals surface area contributed by atoms with Crippen molar-refractivity contribution in [1.29, 1.82) is 0 Å². The SMILES string of the molecule is CC(=O)c1cccc(NC(=O)c2ccc(Cn3ccccc3=O)o2)c1. The van der Waals surface area contributed by atoms with Crippen molar-refractivity contribution in [3.8, 4) is 0 Å². The Morgan fingerprint density at radius 1 is 1.08 bits per heavy atom. The van der Waals surface area contributed by atoms with Gasteiger partial charge in [0.25, 0.3) is 11.5 Å². The van der Waals surface area contributed by atoms with E-state index in [1.807, 2.05) is 0 Å². The lowest BCUT2D eigenvalue weighted by Crippen LogP contribution is -2.18. The van der Waals surface area contributed by atoms with E-state index in [1.165, 1.54) is 17.6 Å². The van der Waals surface area contributed by atoms with Crippen LogP contribution >= 0.6 is 0 Å². The van der Waals surface area contributed by atoms with Crippen LogP contribution in [-0.2, 0) is 6.54 Å². The van der Waals surface area contributed by atoms with Gasteiger partial charge in [-0.2, -0.15) is 0 Å². The standard InChI is InChI=1S/C19H16N2O4/c1-13(22)14-5-4-6-15(11-14)20-19(24)17-9-8-16(25-17)12-21-10-3-2-7-18(21)23/h2-11H,12H2,1H3,(H,20,24). The van der Waals surface area contributed by atoms with Gasteiger partial charge >= 0.3 is 0 Å². The molecule has 6 heteroatoms. The van der Waals surface area contributed by atoms with Crippen LogP contribution in [0.25, 0.3) is 0 Å². The molecule has 0 bridgehead atoms. The number of aromatic nitrogens is 1. The maximum absolute atomic E-state index is 12.3. The molecule has 0 fully saturated rings. The highest BCUT2D eigenvalue weighted by molar-refractivity contribution is 6.03. The van der Waals surface area contributed by atoms with Crippen LogP contribution in [0.5, 0.6) is 0 Å². The Morgan fingerprint density at radius 3 is 2.68 bits per heavy atom. The fraction of sp³-hybridized carbons (Fsp3) is 0.105. The molecule has 3 aromatic rings. The topological polar surface area (TPSA) is 81.3 Å². The highest BCUT2D eigenvalue weighted by Crippen LogP contribution is 2.15. The van der Waals surface area contributed by atoms with E-state index >= 15 is 0 Å². The number of Topliss-reactive ketones (excluding diaryl/α,β-unsaturated/α-hetero) is 1. The Morgan fingerprint density at radius 2 is 1.92 bits per heavy atom. The highest BCUT2D eigenvalue weighted by atomic mass is 16.4. The number of anilines is 1. The molecule has 0 aliphatic rings. The minimum absolute atomic E-state index is 0.0790. The number of amides is 1. The molecule has 2 aromatic heterocycles. The minimum Gasteiger partial charge on any atom is -0.454 e. The number of nitrogens with one attached hydrogen (secondary N) is 1. The Balaban J connectivity index is 1.73. The van der Waals surface area contributed by atoms with Crippen molar-refractivity contribution in [2.24, 2.45) is 0 Å². The summed E-state index contributed by atoms with van der Waals surface area (Å²) in [7, 11) is 0. The van der Waals surface area contributed by atoms with Crippen molar-refractivity contribution in [1.82, 2.24) is 4.57 Å². The van der Waals surface area contributed by atoms with Crippen molar-refractivity contribution in [3.63, 3.8) is 0 Å². The normalized spacial score (nSPS) is 10.4. The summed E-state index contributed by atoms with van der Waals surface area (Å²) in [5.74, 6) is 0.125. The van der Waals surface area contributed by atoms with E-state index in [9.17, 15) is 14.4 Å². The Kier molecular flexibility index (Phi) is 4.61. The quantitative estimate of drug-likeness (QED) is 0.726. The molecule has 0 unspecified atom stereocenters. The zero-order valence-corrected chi connectivity index (χ0v) is 13.6. The van der Waals surface area contributed by atoms with Crippen LogP contribution in [0.4, 0.5) is 5.69 Å². The first-order chi connectivity index (χ1) is 12.0. The molecule has 6 nitrogen and oxygen atoms in total. The molecule has 0 spiro atoms. The molecule has 0 radical (unpaired) electrons. The number of rotatable bonds is 5. The number of hydrogen-bond donors (Lipinski definition) is 1. The van der Waals surface area contributed by atoms with Gasteiger partial charge in [-0.05, 0) is 37.3 Å². The average molecular weight is 336 g/mol. The van der Waals surface area contributed by atoms with Crippen molar-refractivity contribution in [2.45, 2.75) is 13.5 Å². The van der Waals surface area contributed by atoms with Gasteiger partial charge in [-0.25, -0.2) is 0 Å². The van der Waals surface area contributed by atoms with Crippen LogP contribution in [0.2, 0.25) is 0 Å². The smallest absolute Gasteiger partial charge is 0.291 e. The van der Waals surface area contributed by atoms with Gasteiger partial charge in [0.1, 0.15) is 5.76 Å². The lowest BCUT2D eigenvalue weighted by atomic mass is 10.1. The lowest BCUT2D eigenvalue weighted by molar-refractivity contribution is 0.0990. The van der Waals surface area contributed by atoms with Gasteiger partial charge in [0.15, 0.2) is 11.5 Å². The molecule has 0 saturated heterocycles. The average Bonchev–Trinajstić information content (AvgIpc) is 3.06. The summed E-state index contributed by atoms with van der Waals surface area (Å²) in [6.45, 7) is 1.71. The maximum Gasteiger partial charge on any atom is 0.291 e. The van der Waals surface area contributed by atoms with E-state index in [-0.39, 0.29) is 23.6 Å². The van der Waals surface area contributed by atoms with E-state index in [0.717, 1.165) is 0 Å². The van der Waals surface area contributed by atoms with Gasteiger partial charge in [-0.3, -0.25) is 14.4 Å². The summed E-state index contributed by atoms with van der Waals surface area (Å²) in [5.41, 5.74) is 0.877. The summed E-state index contributed by atoms with van der Waals surface area (Å²) in [6, 6.07) is 14.7. The summed E-state index contributed by atoms with van der Waals surface area (Å²) < 4.78 is 7.00.